The third-order valence-corrected chi connectivity index (χ3v) is 4.84. The molecular weight excluding hydrogens is 344 g/mol. The zero-order valence-electron chi connectivity index (χ0n) is 14.5. The van der Waals surface area contributed by atoms with Crippen molar-refractivity contribution in [2.24, 2.45) is 0 Å². The number of carbonyl (C=O) groups is 1. The molecule has 2 saturated heterocycles. The molecule has 2 aliphatic heterocycles. The van der Waals surface area contributed by atoms with Crippen LogP contribution >= 0.6 is 11.6 Å². The van der Waals surface area contributed by atoms with E-state index in [-0.39, 0.29) is 17.7 Å². The molecule has 2 heterocycles. The van der Waals surface area contributed by atoms with Crippen molar-refractivity contribution in [3.63, 3.8) is 0 Å². The minimum Gasteiger partial charge on any atom is -0.492 e. The average Bonchev–Trinajstić information content (AvgIpc) is 3.01. The fourth-order valence-electron chi connectivity index (χ4n) is 3.27. The van der Waals surface area contributed by atoms with Gasteiger partial charge in [0.25, 0.3) is 0 Å². The number of nitrogens with one attached hydrogen (secondary N) is 2. The van der Waals surface area contributed by atoms with E-state index in [0.717, 1.165) is 32.3 Å². The summed E-state index contributed by atoms with van der Waals surface area (Å²) in [5, 5.41) is 6.34. The van der Waals surface area contributed by atoms with Gasteiger partial charge in [0.05, 0.1) is 23.8 Å². The van der Waals surface area contributed by atoms with Crippen molar-refractivity contribution < 1.29 is 19.0 Å². The number of urea groups is 1. The van der Waals surface area contributed by atoms with Gasteiger partial charge in [-0.25, -0.2) is 4.79 Å². The summed E-state index contributed by atoms with van der Waals surface area (Å²) in [6, 6.07) is 5.10. The third-order valence-electron chi connectivity index (χ3n) is 4.55. The van der Waals surface area contributed by atoms with Crippen LogP contribution in [0.4, 0.5) is 10.5 Å². The van der Waals surface area contributed by atoms with Gasteiger partial charge in [-0.3, -0.25) is 0 Å². The van der Waals surface area contributed by atoms with Crippen LogP contribution in [0.25, 0.3) is 0 Å². The minimum absolute atomic E-state index is 0.0816. The highest BCUT2D eigenvalue weighted by Crippen LogP contribution is 2.33. The molecule has 2 unspecified atom stereocenters. The molecule has 1 aromatic carbocycles. The Balaban J connectivity index is 1.53. The molecule has 3 rings (SSSR count). The van der Waals surface area contributed by atoms with Crippen molar-refractivity contribution in [3.05, 3.63) is 23.2 Å². The zero-order valence-corrected chi connectivity index (χ0v) is 15.2. The highest BCUT2D eigenvalue weighted by molar-refractivity contribution is 6.32. The number of carbonyl (C=O) groups excluding carboxylic acids is 1. The highest BCUT2D eigenvalue weighted by Gasteiger charge is 2.41. The maximum Gasteiger partial charge on any atom is 0.319 e. The second-order valence-electron chi connectivity index (χ2n) is 6.62. The van der Waals surface area contributed by atoms with E-state index >= 15 is 0 Å². The zero-order chi connectivity index (χ0) is 17.7. The molecule has 25 heavy (non-hydrogen) atoms. The Morgan fingerprint density at radius 3 is 3.04 bits per heavy atom. The average molecular weight is 369 g/mol. The van der Waals surface area contributed by atoms with E-state index in [1.54, 1.807) is 18.2 Å². The fraction of sp³-hybridized carbons (Fsp3) is 0.611. The highest BCUT2D eigenvalue weighted by atomic mass is 35.5. The first kappa shape index (κ1) is 18.3. The number of hydrogen-bond donors (Lipinski definition) is 2. The van der Waals surface area contributed by atoms with Crippen LogP contribution in [-0.4, -0.2) is 44.1 Å². The number of hydrogen-bond acceptors (Lipinski definition) is 4. The Bertz CT molecular complexity index is 605. The van der Waals surface area contributed by atoms with Gasteiger partial charge >= 0.3 is 6.03 Å². The molecule has 0 saturated carbocycles. The molecule has 2 atom stereocenters. The molecule has 0 aliphatic carbocycles. The molecule has 138 valence electrons. The first-order valence-corrected chi connectivity index (χ1v) is 9.19. The van der Waals surface area contributed by atoms with Crippen LogP contribution in [-0.2, 0) is 9.47 Å². The third kappa shape index (κ3) is 4.77. The van der Waals surface area contributed by atoms with Gasteiger partial charge in [0.2, 0.25) is 0 Å². The monoisotopic (exact) mass is 368 g/mol. The fourth-order valence-corrected chi connectivity index (χ4v) is 3.51. The summed E-state index contributed by atoms with van der Waals surface area (Å²) in [7, 11) is 0. The van der Waals surface area contributed by atoms with Crippen molar-refractivity contribution in [3.8, 4) is 5.75 Å². The van der Waals surface area contributed by atoms with Gasteiger partial charge in [0.1, 0.15) is 5.75 Å². The summed E-state index contributed by atoms with van der Waals surface area (Å²) in [6.07, 6.45) is 3.39. The second kappa shape index (κ2) is 8.25. The molecule has 2 aliphatic rings. The topological polar surface area (TPSA) is 68.8 Å². The van der Waals surface area contributed by atoms with Gasteiger partial charge < -0.3 is 24.8 Å². The molecule has 1 aromatic rings. The lowest BCUT2D eigenvalue weighted by molar-refractivity contribution is -0.0877. The number of halogens is 1. The van der Waals surface area contributed by atoms with Crippen molar-refractivity contribution in [1.29, 1.82) is 0 Å². The molecule has 2 amide bonds. The van der Waals surface area contributed by atoms with Crippen LogP contribution in [0.15, 0.2) is 18.2 Å². The van der Waals surface area contributed by atoms with Gasteiger partial charge in [-0.05, 0) is 37.5 Å². The van der Waals surface area contributed by atoms with Gasteiger partial charge in [-0.2, -0.15) is 0 Å². The van der Waals surface area contributed by atoms with Crippen LogP contribution in [0.5, 0.6) is 5.75 Å². The van der Waals surface area contributed by atoms with Crippen LogP contribution in [0.1, 0.15) is 32.6 Å². The normalized spacial score (nSPS) is 25.8. The number of anilines is 1. The summed E-state index contributed by atoms with van der Waals surface area (Å²) >= 11 is 6.20. The standard InChI is InChI=1S/C18H25ClN2O4/c1-2-7-24-16-4-3-13(10-15(16)19)20-17(22)21-14-5-8-25-18(11-14)6-9-23-12-18/h3-4,10,14H,2,5-9,11-12H2,1H3,(H2,20,21,22). The number of benzene rings is 1. The molecular formula is C18H25ClN2O4. The van der Waals surface area contributed by atoms with E-state index in [1.807, 2.05) is 6.92 Å². The van der Waals surface area contributed by atoms with Crippen molar-refractivity contribution in [1.82, 2.24) is 5.32 Å². The lowest BCUT2D eigenvalue weighted by Crippen LogP contribution is -2.49. The molecule has 0 bridgehead atoms. The maximum atomic E-state index is 12.3. The maximum absolute atomic E-state index is 12.3. The largest absolute Gasteiger partial charge is 0.492 e. The smallest absolute Gasteiger partial charge is 0.319 e. The van der Waals surface area contributed by atoms with Crippen LogP contribution in [0.3, 0.4) is 0 Å². The summed E-state index contributed by atoms with van der Waals surface area (Å²) < 4.78 is 16.9. The van der Waals surface area contributed by atoms with Crippen molar-refractivity contribution in [2.75, 3.05) is 31.7 Å². The predicted molar refractivity (Wildman–Crippen MR) is 96.5 cm³/mol. The van der Waals surface area contributed by atoms with E-state index in [4.69, 9.17) is 25.8 Å². The summed E-state index contributed by atoms with van der Waals surface area (Å²) in [5.41, 5.74) is 0.412. The van der Waals surface area contributed by atoms with E-state index < -0.39 is 0 Å². The SMILES string of the molecule is CCCOc1ccc(NC(=O)NC2CCOC3(CCOC3)C2)cc1Cl. The van der Waals surface area contributed by atoms with E-state index in [1.165, 1.54) is 0 Å². The van der Waals surface area contributed by atoms with E-state index in [9.17, 15) is 4.79 Å². The van der Waals surface area contributed by atoms with E-state index in [2.05, 4.69) is 10.6 Å². The molecule has 6 nitrogen and oxygen atoms in total. The van der Waals surface area contributed by atoms with Crippen molar-refractivity contribution >= 4 is 23.3 Å². The molecule has 0 radical (unpaired) electrons. The molecule has 0 aromatic heterocycles. The Hall–Kier alpha value is -1.50. The first-order valence-electron chi connectivity index (χ1n) is 8.82. The van der Waals surface area contributed by atoms with Gasteiger partial charge in [0, 0.05) is 31.4 Å². The van der Waals surface area contributed by atoms with Crippen LogP contribution in [0, 0.1) is 0 Å². The van der Waals surface area contributed by atoms with Crippen LogP contribution < -0.4 is 15.4 Å². The molecule has 7 heteroatoms. The number of rotatable bonds is 5. The van der Waals surface area contributed by atoms with Gasteiger partial charge in [-0.1, -0.05) is 18.5 Å². The predicted octanol–water partition coefficient (Wildman–Crippen LogP) is 3.59. The number of ether oxygens (including phenoxy) is 3. The lowest BCUT2D eigenvalue weighted by atomic mass is 9.90. The van der Waals surface area contributed by atoms with Gasteiger partial charge in [0.15, 0.2) is 0 Å². The Labute approximate surface area is 153 Å². The number of amides is 2. The Morgan fingerprint density at radius 1 is 1.44 bits per heavy atom. The molecule has 2 N–H and O–H groups in total. The van der Waals surface area contributed by atoms with E-state index in [0.29, 0.717) is 36.3 Å². The van der Waals surface area contributed by atoms with Crippen LogP contribution in [0.2, 0.25) is 5.02 Å². The molecule has 1 spiro atoms. The summed E-state index contributed by atoms with van der Waals surface area (Å²) in [6.45, 7) is 4.63. The van der Waals surface area contributed by atoms with Gasteiger partial charge in [-0.15, -0.1) is 0 Å². The first-order chi connectivity index (χ1) is 12.1. The van der Waals surface area contributed by atoms with Crippen molar-refractivity contribution in [2.45, 2.75) is 44.2 Å². The second-order valence-corrected chi connectivity index (χ2v) is 7.02. The summed E-state index contributed by atoms with van der Waals surface area (Å²) in [4.78, 5) is 12.3. The minimum atomic E-state index is -0.237. The molecule has 2 fully saturated rings. The quantitative estimate of drug-likeness (QED) is 0.833. The Morgan fingerprint density at radius 2 is 2.32 bits per heavy atom. The summed E-state index contributed by atoms with van der Waals surface area (Å²) in [5.74, 6) is 0.627. The Kier molecular flexibility index (Phi) is 6.04. The lowest BCUT2D eigenvalue weighted by Gasteiger charge is -2.37.